The minimum absolute atomic E-state index is 0.860. The second kappa shape index (κ2) is 16.4. The molecule has 0 heterocycles. The van der Waals surface area contributed by atoms with Crippen LogP contribution in [0.4, 0.5) is 0 Å². The molecule has 0 aromatic heterocycles. The molecule has 0 atom stereocenters. The third-order valence-electron chi connectivity index (χ3n) is 8.89. The summed E-state index contributed by atoms with van der Waals surface area (Å²) in [5.41, 5.74) is 10.3. The normalized spacial score (nSPS) is 12.1. The molecule has 0 unspecified atom stereocenters. The van der Waals surface area contributed by atoms with Gasteiger partial charge in [0.15, 0.2) is 0 Å². The first kappa shape index (κ1) is 33.2. The maximum absolute atomic E-state index is 3.61. The van der Waals surface area contributed by atoms with E-state index in [1.807, 2.05) is 0 Å². The second-order valence-corrected chi connectivity index (χ2v) is 13.3. The molecule has 9 rings (SSSR count). The van der Waals surface area contributed by atoms with Crippen molar-refractivity contribution in [2.45, 2.75) is 6.42 Å². The van der Waals surface area contributed by atoms with Gasteiger partial charge >= 0.3 is 99.2 Å². The monoisotopic (exact) mass is 714 g/mol. The van der Waals surface area contributed by atoms with Crippen LogP contribution in [0, 0.1) is 6.08 Å². The molecule has 0 saturated heterocycles. The molecule has 8 aromatic carbocycles. The van der Waals surface area contributed by atoms with Crippen molar-refractivity contribution < 1.29 is 24.2 Å². The molecule has 0 amide bonds. The predicted octanol–water partition coefficient (Wildman–Crippen LogP) is 12.4. The molecule has 0 saturated carbocycles. The van der Waals surface area contributed by atoms with Gasteiger partial charge in [-0.05, 0) is 5.56 Å². The average Bonchev–Trinajstić information content (AvgIpc) is 3.83. The van der Waals surface area contributed by atoms with Crippen LogP contribution >= 0.6 is 0 Å². The van der Waals surface area contributed by atoms with Crippen LogP contribution in [-0.4, -0.2) is 3.21 Å². The van der Waals surface area contributed by atoms with Crippen LogP contribution < -0.4 is 0 Å². The minimum Gasteiger partial charge on any atom is -0.126 e. The van der Waals surface area contributed by atoms with Crippen molar-refractivity contribution in [3.8, 4) is 0 Å². The van der Waals surface area contributed by atoms with E-state index in [1.165, 1.54) is 93.5 Å². The Morgan fingerprint density at radius 2 is 0.800 bits per heavy atom. The number of allylic oxidation sites excluding steroid dienone is 4. The largest absolute Gasteiger partial charge is 0.126 e. The van der Waals surface area contributed by atoms with E-state index < -0.39 is 0 Å². The summed E-state index contributed by atoms with van der Waals surface area (Å²) in [6.45, 7) is 0. The van der Waals surface area contributed by atoms with Crippen LogP contribution in [0.1, 0.15) is 34.2 Å². The van der Waals surface area contributed by atoms with Gasteiger partial charge in [-0.25, -0.2) is 0 Å². The van der Waals surface area contributed by atoms with Gasteiger partial charge in [-0.15, -0.1) is 63.0 Å². The summed E-state index contributed by atoms with van der Waals surface area (Å²) in [4.78, 5) is 0. The molecule has 0 N–H and O–H groups in total. The first-order chi connectivity index (χ1) is 24.8. The molecule has 1 aliphatic carbocycles. The Hall–Kier alpha value is -5.36. The summed E-state index contributed by atoms with van der Waals surface area (Å²) in [5.74, 6) is 0. The summed E-state index contributed by atoms with van der Waals surface area (Å²) in [7, 11) is 0. The Kier molecular flexibility index (Phi) is 10.9. The van der Waals surface area contributed by atoms with Gasteiger partial charge in [-0.3, -0.25) is 0 Å². The van der Waals surface area contributed by atoms with Gasteiger partial charge in [0.2, 0.25) is 0 Å². The molecule has 0 aliphatic heterocycles. The van der Waals surface area contributed by atoms with E-state index in [0.29, 0.717) is 0 Å². The molecular formula is C49H36Zr. The van der Waals surface area contributed by atoms with Crippen molar-refractivity contribution in [1.82, 2.24) is 0 Å². The molecule has 1 aliphatic rings. The van der Waals surface area contributed by atoms with Gasteiger partial charge in [0.25, 0.3) is 0 Å². The topological polar surface area (TPSA) is 0 Å². The van der Waals surface area contributed by atoms with Gasteiger partial charge in [0, 0.05) is 0 Å². The van der Waals surface area contributed by atoms with Crippen LogP contribution in [0.5, 0.6) is 0 Å². The van der Waals surface area contributed by atoms with E-state index in [1.54, 1.807) is 0 Å². The van der Waals surface area contributed by atoms with E-state index in [9.17, 15) is 0 Å². The Balaban J connectivity index is 0.000000125. The van der Waals surface area contributed by atoms with Crippen molar-refractivity contribution in [3.05, 3.63) is 240 Å². The molecule has 0 nitrogen and oxygen atoms in total. The summed E-state index contributed by atoms with van der Waals surface area (Å²) in [5, 5.41) is 5.39. The van der Waals surface area contributed by atoms with Gasteiger partial charge < -0.3 is 0 Å². The Labute approximate surface area is 310 Å². The smallest absolute Gasteiger partial charge is 0.0771 e. The maximum Gasteiger partial charge on any atom is -0.0771 e. The van der Waals surface area contributed by atoms with E-state index in [2.05, 4.69) is 212 Å². The fourth-order valence-electron chi connectivity index (χ4n) is 6.44. The Bertz CT molecular complexity index is 2270. The van der Waals surface area contributed by atoms with Crippen LogP contribution in [-0.2, 0) is 24.2 Å². The first-order valence-electron chi connectivity index (χ1n) is 17.0. The number of benzene rings is 7. The maximum atomic E-state index is 3.61. The first-order valence-corrected chi connectivity index (χ1v) is 18.2. The molecule has 0 spiro atoms. The van der Waals surface area contributed by atoms with E-state index in [-0.39, 0.29) is 0 Å². The molecule has 1 heteroatoms. The molecule has 8 aromatic rings. The fourth-order valence-corrected chi connectivity index (χ4v) is 7.26. The molecule has 0 radical (unpaired) electrons. The van der Waals surface area contributed by atoms with Crippen molar-refractivity contribution in [2.24, 2.45) is 0 Å². The predicted molar refractivity (Wildman–Crippen MR) is 211 cm³/mol. The van der Waals surface area contributed by atoms with E-state index in [4.69, 9.17) is 0 Å². The van der Waals surface area contributed by atoms with Crippen molar-refractivity contribution in [1.29, 1.82) is 0 Å². The van der Waals surface area contributed by atoms with Crippen LogP contribution in [0.15, 0.2) is 206 Å². The van der Waals surface area contributed by atoms with Crippen molar-refractivity contribution in [3.63, 3.8) is 0 Å². The molecular weight excluding hydrogens is 680 g/mol. The zero-order chi connectivity index (χ0) is 34.0. The van der Waals surface area contributed by atoms with Crippen LogP contribution in [0.2, 0.25) is 0 Å². The van der Waals surface area contributed by atoms with Crippen LogP contribution in [0.25, 0.3) is 38.3 Å². The molecule has 0 bridgehead atoms. The second-order valence-electron chi connectivity index (χ2n) is 12.1. The van der Waals surface area contributed by atoms with Crippen molar-refractivity contribution in [2.75, 3.05) is 0 Å². The third kappa shape index (κ3) is 7.76. The average molecular weight is 716 g/mol. The summed E-state index contributed by atoms with van der Waals surface area (Å²) < 4.78 is 1.42. The molecule has 50 heavy (non-hydrogen) atoms. The van der Waals surface area contributed by atoms with Gasteiger partial charge in [-0.1, -0.05) is 133 Å². The van der Waals surface area contributed by atoms with E-state index >= 15 is 0 Å². The summed E-state index contributed by atoms with van der Waals surface area (Å²) in [6.07, 6.45) is 4.47. The standard InChI is InChI=1S/C23H17.C13H9.C13H10.Zr/c1-4-10-18(11-5-1)21-16-17-22(19-12-6-2-7-13-19)23(21)20-14-8-3-9-15-20;1-3-7-12-10(5-1)9-11-6-2-4-8-13(11)12;1-3-7-12(8-4-1)11-13-9-5-2-6-10-13;/h1-15H,16H2;1-9H;1-10H;/q2*-1;;+2. The fraction of sp³-hybridized carbons (Fsp3) is 0.0204. The van der Waals surface area contributed by atoms with Gasteiger partial charge in [0.1, 0.15) is 0 Å². The summed E-state index contributed by atoms with van der Waals surface area (Å²) in [6, 6.07) is 72.2. The van der Waals surface area contributed by atoms with Gasteiger partial charge in [0.05, 0.1) is 0 Å². The SMILES string of the molecule is [C-]1=C(c2ccccc2)C(c2ccccc2)=C(c2ccccc2)C1.[Zr+2]=[C](c1ccccc1)c1ccccc1.c1ccc2c(c1)[cH-]c1ccccc12. The zero-order valence-corrected chi connectivity index (χ0v) is 30.3. The van der Waals surface area contributed by atoms with E-state index in [0.717, 1.165) is 6.42 Å². The quantitative estimate of drug-likeness (QED) is 0.156. The number of hydrogen-bond acceptors (Lipinski definition) is 0. The minimum atomic E-state index is 0.860. The number of fused-ring (bicyclic) bond motifs is 3. The Morgan fingerprint density at radius 1 is 0.420 bits per heavy atom. The van der Waals surface area contributed by atoms with Gasteiger partial charge in [-0.2, -0.15) is 11.6 Å². The Morgan fingerprint density at radius 3 is 1.28 bits per heavy atom. The molecule has 236 valence electrons. The number of rotatable bonds is 5. The third-order valence-corrected chi connectivity index (χ3v) is 10.3. The van der Waals surface area contributed by atoms with Crippen molar-refractivity contribution >= 4 is 41.5 Å². The zero-order valence-electron chi connectivity index (χ0n) is 27.8. The summed E-state index contributed by atoms with van der Waals surface area (Å²) >= 11 is 1.46. The van der Waals surface area contributed by atoms with Crippen LogP contribution in [0.3, 0.4) is 0 Å². The molecule has 0 fully saturated rings. The number of hydrogen-bond donors (Lipinski definition) is 0.